The first-order chi connectivity index (χ1) is 7.33. The standard InChI is InChI=1S/C12H17NO2/c13-15-8-7-11-10-4-2-1-3-9(10)5-6-12(11)14/h5-6,14H,1-4,7-8,13H2. The predicted molar refractivity (Wildman–Crippen MR) is 58.6 cm³/mol. The van der Waals surface area contributed by atoms with Gasteiger partial charge in [0, 0.05) is 6.42 Å². The second-order valence-corrected chi connectivity index (χ2v) is 4.03. The SMILES string of the molecule is NOCCc1c(O)ccc2c1CCCC2. The first-order valence-corrected chi connectivity index (χ1v) is 5.47. The van der Waals surface area contributed by atoms with Crippen molar-refractivity contribution in [2.45, 2.75) is 32.1 Å². The number of hydrogen-bond acceptors (Lipinski definition) is 3. The third-order valence-corrected chi connectivity index (χ3v) is 3.10. The lowest BCUT2D eigenvalue weighted by atomic mass is 9.87. The van der Waals surface area contributed by atoms with Gasteiger partial charge in [-0.3, -0.25) is 0 Å². The fraction of sp³-hybridized carbons (Fsp3) is 0.500. The van der Waals surface area contributed by atoms with Gasteiger partial charge in [0.05, 0.1) is 6.61 Å². The Balaban J connectivity index is 2.32. The number of aromatic hydroxyl groups is 1. The first kappa shape index (κ1) is 10.5. The van der Waals surface area contributed by atoms with Crippen LogP contribution in [0.4, 0.5) is 0 Å². The maximum Gasteiger partial charge on any atom is 0.119 e. The van der Waals surface area contributed by atoms with Gasteiger partial charge in [-0.05, 0) is 48.4 Å². The van der Waals surface area contributed by atoms with Crippen molar-refractivity contribution in [2.75, 3.05) is 6.61 Å². The fourth-order valence-corrected chi connectivity index (χ4v) is 2.33. The van der Waals surface area contributed by atoms with Gasteiger partial charge in [0.25, 0.3) is 0 Å². The van der Waals surface area contributed by atoms with Crippen molar-refractivity contribution in [2.24, 2.45) is 5.90 Å². The summed E-state index contributed by atoms with van der Waals surface area (Å²) in [6, 6.07) is 3.83. The van der Waals surface area contributed by atoms with Crippen LogP contribution in [0.25, 0.3) is 0 Å². The Bertz CT molecular complexity index is 350. The molecule has 1 aliphatic carbocycles. The van der Waals surface area contributed by atoms with E-state index in [1.807, 2.05) is 6.07 Å². The topological polar surface area (TPSA) is 55.5 Å². The zero-order chi connectivity index (χ0) is 10.7. The van der Waals surface area contributed by atoms with E-state index < -0.39 is 0 Å². The molecule has 0 saturated heterocycles. The van der Waals surface area contributed by atoms with Crippen LogP contribution in [-0.4, -0.2) is 11.7 Å². The van der Waals surface area contributed by atoms with E-state index in [-0.39, 0.29) is 0 Å². The molecule has 0 atom stereocenters. The molecule has 0 aromatic heterocycles. The zero-order valence-electron chi connectivity index (χ0n) is 8.83. The highest BCUT2D eigenvalue weighted by atomic mass is 16.6. The predicted octanol–water partition coefficient (Wildman–Crippen LogP) is 1.70. The van der Waals surface area contributed by atoms with Gasteiger partial charge in [0.1, 0.15) is 5.75 Å². The summed E-state index contributed by atoms with van der Waals surface area (Å²) >= 11 is 0. The molecule has 0 aliphatic heterocycles. The molecule has 3 N–H and O–H groups in total. The Kier molecular flexibility index (Phi) is 3.23. The summed E-state index contributed by atoms with van der Waals surface area (Å²) in [5, 5.41) is 9.80. The van der Waals surface area contributed by atoms with E-state index >= 15 is 0 Å². The first-order valence-electron chi connectivity index (χ1n) is 5.47. The molecule has 0 fully saturated rings. The van der Waals surface area contributed by atoms with Crippen molar-refractivity contribution < 1.29 is 9.94 Å². The van der Waals surface area contributed by atoms with Gasteiger partial charge in [-0.1, -0.05) is 6.07 Å². The fourth-order valence-electron chi connectivity index (χ4n) is 2.33. The van der Waals surface area contributed by atoms with Crippen molar-refractivity contribution in [3.05, 3.63) is 28.8 Å². The summed E-state index contributed by atoms with van der Waals surface area (Å²) in [7, 11) is 0. The number of rotatable bonds is 3. The molecule has 0 heterocycles. The van der Waals surface area contributed by atoms with Crippen molar-refractivity contribution in [3.8, 4) is 5.75 Å². The van der Waals surface area contributed by atoms with Gasteiger partial charge in [-0.25, -0.2) is 5.90 Å². The molecule has 3 heteroatoms. The molecule has 0 amide bonds. The van der Waals surface area contributed by atoms with Crippen molar-refractivity contribution in [1.29, 1.82) is 0 Å². The lowest BCUT2D eigenvalue weighted by Gasteiger charge is -2.20. The van der Waals surface area contributed by atoms with Crippen LogP contribution >= 0.6 is 0 Å². The van der Waals surface area contributed by atoms with Crippen LogP contribution in [0, 0.1) is 0 Å². The normalized spacial score (nSPS) is 15.0. The van der Waals surface area contributed by atoms with Gasteiger partial charge in [0.2, 0.25) is 0 Å². The van der Waals surface area contributed by atoms with Crippen LogP contribution in [-0.2, 0) is 24.1 Å². The number of phenolic OH excluding ortho intramolecular Hbond substituents is 1. The zero-order valence-corrected chi connectivity index (χ0v) is 8.83. The van der Waals surface area contributed by atoms with Gasteiger partial charge in [-0.2, -0.15) is 0 Å². The van der Waals surface area contributed by atoms with E-state index in [0.717, 1.165) is 18.4 Å². The average Bonchev–Trinajstić information content (AvgIpc) is 2.28. The van der Waals surface area contributed by atoms with E-state index in [1.54, 1.807) is 6.07 Å². The molecule has 3 nitrogen and oxygen atoms in total. The van der Waals surface area contributed by atoms with E-state index in [2.05, 4.69) is 4.84 Å². The molecule has 1 aromatic rings. The van der Waals surface area contributed by atoms with Gasteiger partial charge in [0.15, 0.2) is 0 Å². The Morgan fingerprint density at radius 2 is 2.07 bits per heavy atom. The Labute approximate surface area is 89.8 Å². The van der Waals surface area contributed by atoms with Crippen LogP contribution in [0.1, 0.15) is 29.5 Å². The minimum atomic E-state index is 0.382. The maximum absolute atomic E-state index is 9.80. The highest BCUT2D eigenvalue weighted by Crippen LogP contribution is 2.30. The van der Waals surface area contributed by atoms with E-state index in [4.69, 9.17) is 5.90 Å². The van der Waals surface area contributed by atoms with Gasteiger partial charge >= 0.3 is 0 Å². The summed E-state index contributed by atoms with van der Waals surface area (Å²) in [5.74, 6) is 5.40. The van der Waals surface area contributed by atoms with Crippen molar-refractivity contribution in [1.82, 2.24) is 0 Å². The summed E-state index contributed by atoms with van der Waals surface area (Å²) in [5.41, 5.74) is 3.72. The molecule has 82 valence electrons. The number of nitrogens with two attached hydrogens (primary N) is 1. The summed E-state index contributed by atoms with van der Waals surface area (Å²) < 4.78 is 0. The third kappa shape index (κ3) is 2.13. The van der Waals surface area contributed by atoms with Crippen molar-refractivity contribution in [3.63, 3.8) is 0 Å². The van der Waals surface area contributed by atoms with Gasteiger partial charge < -0.3 is 9.94 Å². The summed E-state index contributed by atoms with van der Waals surface area (Å²) in [6.07, 6.45) is 5.37. The second kappa shape index (κ2) is 4.64. The molecule has 0 radical (unpaired) electrons. The highest BCUT2D eigenvalue weighted by Gasteiger charge is 2.15. The number of aryl methyl sites for hydroxylation is 1. The molecule has 0 unspecified atom stereocenters. The number of phenols is 1. The second-order valence-electron chi connectivity index (χ2n) is 4.03. The Morgan fingerprint density at radius 1 is 1.27 bits per heavy atom. The molecule has 15 heavy (non-hydrogen) atoms. The molecule has 1 aliphatic rings. The molecule has 0 bridgehead atoms. The quantitative estimate of drug-likeness (QED) is 0.742. The maximum atomic E-state index is 9.80. The lowest BCUT2D eigenvalue weighted by Crippen LogP contribution is -2.10. The molecule has 1 aromatic carbocycles. The number of fused-ring (bicyclic) bond motifs is 1. The Morgan fingerprint density at radius 3 is 2.87 bits per heavy atom. The molecule has 2 rings (SSSR count). The summed E-state index contributed by atoms with van der Waals surface area (Å²) in [4.78, 5) is 4.58. The molecule has 0 spiro atoms. The minimum Gasteiger partial charge on any atom is -0.508 e. The van der Waals surface area contributed by atoms with Crippen LogP contribution < -0.4 is 5.90 Å². The van der Waals surface area contributed by atoms with E-state index in [9.17, 15) is 5.11 Å². The monoisotopic (exact) mass is 207 g/mol. The highest BCUT2D eigenvalue weighted by molar-refractivity contribution is 5.45. The van der Waals surface area contributed by atoms with Gasteiger partial charge in [-0.15, -0.1) is 0 Å². The minimum absolute atomic E-state index is 0.382. The van der Waals surface area contributed by atoms with Crippen LogP contribution in [0.3, 0.4) is 0 Å². The third-order valence-electron chi connectivity index (χ3n) is 3.10. The smallest absolute Gasteiger partial charge is 0.119 e. The van der Waals surface area contributed by atoms with E-state index in [1.165, 1.54) is 24.0 Å². The molecular formula is C12H17NO2. The Hall–Kier alpha value is -1.06. The lowest BCUT2D eigenvalue weighted by molar-refractivity contribution is 0.140. The summed E-state index contributed by atoms with van der Waals surface area (Å²) in [6.45, 7) is 0.462. The number of benzene rings is 1. The largest absolute Gasteiger partial charge is 0.508 e. The van der Waals surface area contributed by atoms with E-state index in [0.29, 0.717) is 18.8 Å². The molecule has 0 saturated carbocycles. The molecular weight excluding hydrogens is 190 g/mol. The van der Waals surface area contributed by atoms with Crippen LogP contribution in [0.5, 0.6) is 5.75 Å². The van der Waals surface area contributed by atoms with Crippen LogP contribution in [0.2, 0.25) is 0 Å². The van der Waals surface area contributed by atoms with Crippen LogP contribution in [0.15, 0.2) is 12.1 Å². The van der Waals surface area contributed by atoms with Crippen molar-refractivity contribution >= 4 is 0 Å². The average molecular weight is 207 g/mol. The number of hydrogen-bond donors (Lipinski definition) is 2.